The zero-order chi connectivity index (χ0) is 13.0. The molecule has 1 aromatic heterocycles. The van der Waals surface area contributed by atoms with Crippen molar-refractivity contribution in [2.45, 2.75) is 6.61 Å². The molecule has 0 unspecified atom stereocenters. The van der Waals surface area contributed by atoms with E-state index in [1.165, 1.54) is 0 Å². The second kappa shape index (κ2) is 5.94. The fourth-order valence-corrected chi connectivity index (χ4v) is 1.94. The van der Waals surface area contributed by atoms with Crippen LogP contribution in [0.5, 0.6) is 5.75 Å². The first-order valence-corrected chi connectivity index (χ1v) is 6.16. The van der Waals surface area contributed by atoms with E-state index in [0.29, 0.717) is 22.4 Å². The number of aromatic nitrogens is 1. The first kappa shape index (κ1) is 13.0. The highest BCUT2D eigenvalue weighted by molar-refractivity contribution is 6.44. The molecule has 2 rings (SSSR count). The van der Waals surface area contributed by atoms with Gasteiger partial charge in [-0.1, -0.05) is 29.3 Å². The van der Waals surface area contributed by atoms with Crippen LogP contribution in [0.15, 0.2) is 36.5 Å². The highest BCUT2D eigenvalue weighted by atomic mass is 35.5. The third-order valence-electron chi connectivity index (χ3n) is 2.42. The molecule has 0 bridgehead atoms. The maximum Gasteiger partial charge on any atom is 0.140 e. The van der Waals surface area contributed by atoms with Crippen LogP contribution >= 0.6 is 23.2 Å². The van der Waals surface area contributed by atoms with Gasteiger partial charge in [0.05, 0.1) is 16.4 Å². The van der Waals surface area contributed by atoms with Crippen LogP contribution in [0, 0.1) is 0 Å². The summed E-state index contributed by atoms with van der Waals surface area (Å²) in [6.45, 7) is 0.357. The highest BCUT2D eigenvalue weighted by Crippen LogP contribution is 2.37. The van der Waals surface area contributed by atoms with Gasteiger partial charge in [-0.3, -0.25) is 4.98 Å². The quantitative estimate of drug-likeness (QED) is 0.920. The zero-order valence-corrected chi connectivity index (χ0v) is 11.3. The maximum atomic E-state index is 6.13. The van der Waals surface area contributed by atoms with E-state index in [1.54, 1.807) is 19.3 Å². The summed E-state index contributed by atoms with van der Waals surface area (Å²) >= 11 is 12.2. The van der Waals surface area contributed by atoms with Crippen molar-refractivity contribution in [2.24, 2.45) is 0 Å². The summed E-state index contributed by atoms with van der Waals surface area (Å²) in [6, 6.07) is 9.25. The lowest BCUT2D eigenvalue weighted by molar-refractivity contribution is 0.301. The number of anilines is 1. The summed E-state index contributed by atoms with van der Waals surface area (Å²) in [5.74, 6) is 0.548. The van der Waals surface area contributed by atoms with Crippen molar-refractivity contribution < 1.29 is 4.74 Å². The molecule has 0 spiro atoms. The standard InChI is InChI=1S/C13H12Cl2N2O/c1-16-10-5-6-11(13(15)12(10)14)18-8-9-4-2-3-7-17-9/h2-7,16H,8H2,1H3. The third-order valence-corrected chi connectivity index (χ3v) is 3.28. The summed E-state index contributed by atoms with van der Waals surface area (Å²) in [5, 5.41) is 3.81. The van der Waals surface area contributed by atoms with Crippen molar-refractivity contribution in [1.29, 1.82) is 0 Å². The topological polar surface area (TPSA) is 34.1 Å². The molecule has 94 valence electrons. The summed E-state index contributed by atoms with van der Waals surface area (Å²) in [7, 11) is 1.78. The molecule has 0 aliphatic carbocycles. The lowest BCUT2D eigenvalue weighted by Gasteiger charge is -2.11. The molecule has 0 fully saturated rings. The number of hydrogen-bond donors (Lipinski definition) is 1. The molecule has 1 N–H and O–H groups in total. The van der Waals surface area contributed by atoms with Crippen LogP contribution in [0.2, 0.25) is 10.0 Å². The predicted octanol–water partition coefficient (Wildman–Crippen LogP) is 4.01. The molecule has 2 aromatic rings. The molecule has 0 saturated carbocycles. The summed E-state index contributed by atoms with van der Waals surface area (Å²) in [6.07, 6.45) is 1.72. The van der Waals surface area contributed by atoms with Gasteiger partial charge in [0.1, 0.15) is 17.4 Å². The molecule has 0 aliphatic heterocycles. The first-order valence-electron chi connectivity index (χ1n) is 5.41. The van der Waals surface area contributed by atoms with Crippen LogP contribution in [0.25, 0.3) is 0 Å². The smallest absolute Gasteiger partial charge is 0.140 e. The minimum Gasteiger partial charge on any atom is -0.486 e. The van der Waals surface area contributed by atoms with E-state index in [1.807, 2.05) is 24.3 Å². The molecule has 5 heteroatoms. The van der Waals surface area contributed by atoms with Gasteiger partial charge in [-0.2, -0.15) is 0 Å². The van der Waals surface area contributed by atoms with E-state index in [4.69, 9.17) is 27.9 Å². The molecule has 0 saturated heterocycles. The minimum absolute atomic E-state index is 0.357. The number of benzene rings is 1. The number of pyridine rings is 1. The average molecular weight is 283 g/mol. The Morgan fingerprint density at radius 1 is 1.17 bits per heavy atom. The van der Waals surface area contributed by atoms with Gasteiger partial charge < -0.3 is 10.1 Å². The van der Waals surface area contributed by atoms with E-state index < -0.39 is 0 Å². The second-order valence-corrected chi connectivity index (χ2v) is 4.35. The van der Waals surface area contributed by atoms with Gasteiger partial charge in [0, 0.05) is 13.2 Å². The number of ether oxygens (including phenoxy) is 1. The van der Waals surface area contributed by atoms with E-state index in [9.17, 15) is 0 Å². The second-order valence-electron chi connectivity index (χ2n) is 3.60. The molecule has 1 heterocycles. The number of halogens is 2. The number of rotatable bonds is 4. The van der Waals surface area contributed by atoms with Crippen molar-refractivity contribution in [3.63, 3.8) is 0 Å². The number of nitrogens with one attached hydrogen (secondary N) is 1. The zero-order valence-electron chi connectivity index (χ0n) is 9.78. The summed E-state index contributed by atoms with van der Waals surface area (Å²) in [4.78, 5) is 4.17. The Labute approximate surface area is 116 Å². The van der Waals surface area contributed by atoms with Crippen LogP contribution in [0.4, 0.5) is 5.69 Å². The van der Waals surface area contributed by atoms with Gasteiger partial charge in [-0.05, 0) is 24.3 Å². The van der Waals surface area contributed by atoms with Crippen molar-refractivity contribution in [2.75, 3.05) is 12.4 Å². The van der Waals surface area contributed by atoms with Gasteiger partial charge in [-0.15, -0.1) is 0 Å². The molecule has 3 nitrogen and oxygen atoms in total. The van der Waals surface area contributed by atoms with Gasteiger partial charge in [0.15, 0.2) is 0 Å². The lowest BCUT2D eigenvalue weighted by atomic mass is 10.3. The molecule has 18 heavy (non-hydrogen) atoms. The van der Waals surface area contributed by atoms with Crippen molar-refractivity contribution in [3.05, 3.63) is 52.3 Å². The van der Waals surface area contributed by atoms with Crippen LogP contribution < -0.4 is 10.1 Å². The minimum atomic E-state index is 0.357. The highest BCUT2D eigenvalue weighted by Gasteiger charge is 2.10. The van der Waals surface area contributed by atoms with Crippen LogP contribution in [-0.2, 0) is 6.61 Å². The Balaban J connectivity index is 2.13. The van der Waals surface area contributed by atoms with Crippen molar-refractivity contribution >= 4 is 28.9 Å². The van der Waals surface area contributed by atoms with Crippen LogP contribution in [0.3, 0.4) is 0 Å². The van der Waals surface area contributed by atoms with Gasteiger partial charge in [0.2, 0.25) is 0 Å². The Bertz CT molecular complexity index is 532. The Morgan fingerprint density at radius 2 is 2.00 bits per heavy atom. The maximum absolute atomic E-state index is 6.13. The van der Waals surface area contributed by atoms with E-state index in [0.717, 1.165) is 11.4 Å². The van der Waals surface area contributed by atoms with E-state index in [-0.39, 0.29) is 0 Å². The molecule has 0 amide bonds. The van der Waals surface area contributed by atoms with E-state index >= 15 is 0 Å². The van der Waals surface area contributed by atoms with Gasteiger partial charge in [-0.25, -0.2) is 0 Å². The number of hydrogen-bond acceptors (Lipinski definition) is 3. The van der Waals surface area contributed by atoms with E-state index in [2.05, 4.69) is 10.3 Å². The summed E-state index contributed by atoms with van der Waals surface area (Å²) < 4.78 is 5.60. The first-order chi connectivity index (χ1) is 8.72. The molecule has 0 aliphatic rings. The third kappa shape index (κ3) is 2.86. The van der Waals surface area contributed by atoms with Gasteiger partial charge in [0.25, 0.3) is 0 Å². The Hall–Kier alpha value is -1.45. The molecule has 0 radical (unpaired) electrons. The molecular formula is C13H12Cl2N2O. The van der Waals surface area contributed by atoms with Gasteiger partial charge >= 0.3 is 0 Å². The monoisotopic (exact) mass is 282 g/mol. The Morgan fingerprint density at radius 3 is 2.67 bits per heavy atom. The van der Waals surface area contributed by atoms with Crippen LogP contribution in [-0.4, -0.2) is 12.0 Å². The lowest BCUT2D eigenvalue weighted by Crippen LogP contribution is -1.99. The van der Waals surface area contributed by atoms with Crippen molar-refractivity contribution in [3.8, 4) is 5.75 Å². The van der Waals surface area contributed by atoms with Crippen molar-refractivity contribution in [1.82, 2.24) is 4.98 Å². The fraction of sp³-hybridized carbons (Fsp3) is 0.154. The molecule has 1 aromatic carbocycles. The molecular weight excluding hydrogens is 271 g/mol. The SMILES string of the molecule is CNc1ccc(OCc2ccccn2)c(Cl)c1Cl. The Kier molecular flexibility index (Phi) is 4.28. The molecule has 0 atom stereocenters. The predicted molar refractivity (Wildman–Crippen MR) is 74.6 cm³/mol. The largest absolute Gasteiger partial charge is 0.486 e. The summed E-state index contributed by atoms with van der Waals surface area (Å²) in [5.41, 5.74) is 1.61. The average Bonchev–Trinajstić information content (AvgIpc) is 2.42. The number of nitrogens with zero attached hydrogens (tertiary/aromatic N) is 1. The van der Waals surface area contributed by atoms with Crippen LogP contribution in [0.1, 0.15) is 5.69 Å². The fourth-order valence-electron chi connectivity index (χ4n) is 1.47. The normalized spacial score (nSPS) is 10.2.